The summed E-state index contributed by atoms with van der Waals surface area (Å²) in [6.07, 6.45) is -4.22. The molecule has 3 unspecified atom stereocenters. The molecule has 0 aromatic heterocycles. The second-order valence-corrected chi connectivity index (χ2v) is 2.55. The lowest BCUT2D eigenvalue weighted by atomic mass is 10.1. The van der Waals surface area contributed by atoms with Crippen molar-refractivity contribution in [3.8, 4) is 0 Å². The van der Waals surface area contributed by atoms with Crippen LogP contribution in [0, 0.1) is 0 Å². The number of alkyl halides is 1. The molecule has 0 saturated carbocycles. The van der Waals surface area contributed by atoms with Crippen LogP contribution in [-0.2, 0) is 9.57 Å². The lowest BCUT2D eigenvalue weighted by Gasteiger charge is -2.13. The fourth-order valence-electron chi connectivity index (χ4n) is 1.09. The Morgan fingerprint density at radius 1 is 1.50 bits per heavy atom. The molecule has 5 nitrogen and oxygen atoms in total. The van der Waals surface area contributed by atoms with Crippen LogP contribution in [0.5, 0.6) is 0 Å². The smallest absolute Gasteiger partial charge is 0.159 e. The maximum Gasteiger partial charge on any atom is 0.159 e. The predicted molar refractivity (Wildman–Crippen MR) is 36.8 cm³/mol. The monoisotopic (exact) mass is 181 g/mol. The third-order valence-corrected chi connectivity index (χ3v) is 1.75. The predicted octanol–water partition coefficient (Wildman–Crippen LogP) is -1.45. The van der Waals surface area contributed by atoms with Crippen molar-refractivity contribution in [1.82, 2.24) is 5.48 Å². The Morgan fingerprint density at radius 3 is 2.58 bits per heavy atom. The van der Waals surface area contributed by atoms with Gasteiger partial charge in [0.2, 0.25) is 0 Å². The van der Waals surface area contributed by atoms with Gasteiger partial charge in [0.25, 0.3) is 0 Å². The minimum atomic E-state index is -1.21. The molecule has 12 heavy (non-hydrogen) atoms. The molecule has 3 N–H and O–H groups in total. The fraction of sp³-hybridized carbons (Fsp3) is 1.00. The van der Waals surface area contributed by atoms with E-state index >= 15 is 0 Å². The van der Waals surface area contributed by atoms with Crippen molar-refractivity contribution in [1.29, 1.82) is 0 Å². The van der Waals surface area contributed by atoms with Crippen molar-refractivity contribution >= 4 is 0 Å². The highest BCUT2D eigenvalue weighted by molar-refractivity contribution is 4.87. The standard InChI is InChI=1S/C6H12FNO4/c1-11-8-6-5(10)4(9)3(2-7)12-6/h3-6,8-10H,2H2,1H3/t3-,4?,5?,6?/m1/s1. The third kappa shape index (κ3) is 1.73. The van der Waals surface area contributed by atoms with E-state index in [1.807, 2.05) is 0 Å². The molecule has 6 heteroatoms. The van der Waals surface area contributed by atoms with Crippen LogP contribution < -0.4 is 5.48 Å². The summed E-state index contributed by atoms with van der Waals surface area (Å²) >= 11 is 0. The van der Waals surface area contributed by atoms with E-state index in [0.717, 1.165) is 0 Å². The number of nitrogens with one attached hydrogen (secondary N) is 1. The van der Waals surface area contributed by atoms with Crippen LogP contribution in [0.25, 0.3) is 0 Å². The van der Waals surface area contributed by atoms with Crippen molar-refractivity contribution in [3.63, 3.8) is 0 Å². The molecule has 72 valence electrons. The Morgan fingerprint density at radius 2 is 2.17 bits per heavy atom. The Kier molecular flexibility index (Phi) is 3.36. The molecule has 0 aromatic rings. The summed E-state index contributed by atoms with van der Waals surface area (Å²) in [5.74, 6) is 0. The van der Waals surface area contributed by atoms with Crippen LogP contribution in [0.15, 0.2) is 0 Å². The number of hydrogen-bond donors (Lipinski definition) is 3. The number of halogens is 1. The minimum Gasteiger partial charge on any atom is -0.387 e. The van der Waals surface area contributed by atoms with Crippen LogP contribution >= 0.6 is 0 Å². The van der Waals surface area contributed by atoms with Gasteiger partial charge >= 0.3 is 0 Å². The van der Waals surface area contributed by atoms with E-state index in [4.69, 9.17) is 9.84 Å². The number of hydroxylamine groups is 1. The molecule has 1 aliphatic heterocycles. The number of rotatable bonds is 3. The number of ether oxygens (including phenoxy) is 1. The summed E-state index contributed by atoms with van der Waals surface area (Å²) < 4.78 is 16.9. The number of aliphatic hydroxyl groups excluding tert-OH is 2. The molecule has 1 aliphatic rings. The zero-order valence-electron chi connectivity index (χ0n) is 6.61. The van der Waals surface area contributed by atoms with E-state index in [1.54, 1.807) is 0 Å². The van der Waals surface area contributed by atoms with Gasteiger partial charge in [0.15, 0.2) is 6.23 Å². The van der Waals surface area contributed by atoms with Gasteiger partial charge in [-0.3, -0.25) is 0 Å². The molecule has 0 aliphatic carbocycles. The van der Waals surface area contributed by atoms with Crippen molar-refractivity contribution in [3.05, 3.63) is 0 Å². The highest BCUT2D eigenvalue weighted by atomic mass is 19.1. The number of hydrogen-bond acceptors (Lipinski definition) is 5. The molecule has 1 heterocycles. The SMILES string of the molecule is CONC1O[C@H](CF)C(O)C1O. The van der Waals surface area contributed by atoms with Crippen LogP contribution in [0.4, 0.5) is 4.39 Å². The van der Waals surface area contributed by atoms with Crippen molar-refractivity contribution in [2.45, 2.75) is 24.5 Å². The Balaban J connectivity index is 2.48. The van der Waals surface area contributed by atoms with Gasteiger partial charge in [-0.25, -0.2) is 4.39 Å². The summed E-state index contributed by atoms with van der Waals surface area (Å²) in [5.41, 5.74) is 2.29. The van der Waals surface area contributed by atoms with Crippen LogP contribution in [-0.4, -0.2) is 48.5 Å². The zero-order chi connectivity index (χ0) is 9.14. The Labute approximate surface area is 69.0 Å². The van der Waals surface area contributed by atoms with E-state index < -0.39 is 31.2 Å². The Bertz CT molecular complexity index is 148. The van der Waals surface area contributed by atoms with Gasteiger partial charge in [-0.15, -0.1) is 0 Å². The fourth-order valence-corrected chi connectivity index (χ4v) is 1.09. The van der Waals surface area contributed by atoms with Crippen LogP contribution in [0.1, 0.15) is 0 Å². The quantitative estimate of drug-likeness (QED) is 0.465. The Hall–Kier alpha value is -0.270. The van der Waals surface area contributed by atoms with Gasteiger partial charge in [0, 0.05) is 0 Å². The molecule has 1 rings (SSSR count). The summed E-state index contributed by atoms with van der Waals surface area (Å²) in [4.78, 5) is 4.47. The van der Waals surface area contributed by atoms with Crippen molar-refractivity contribution < 1.29 is 24.2 Å². The average Bonchev–Trinajstić information content (AvgIpc) is 2.33. The first kappa shape index (κ1) is 9.82. The molecule has 1 fully saturated rings. The number of aliphatic hydroxyl groups is 2. The highest BCUT2D eigenvalue weighted by Crippen LogP contribution is 2.19. The van der Waals surface area contributed by atoms with E-state index in [0.29, 0.717) is 0 Å². The molecular formula is C6H12FNO4. The molecular weight excluding hydrogens is 169 g/mol. The van der Waals surface area contributed by atoms with Gasteiger partial charge in [-0.2, -0.15) is 5.48 Å². The second kappa shape index (κ2) is 4.11. The van der Waals surface area contributed by atoms with Crippen molar-refractivity contribution in [2.24, 2.45) is 0 Å². The van der Waals surface area contributed by atoms with Gasteiger partial charge < -0.3 is 19.8 Å². The first-order valence-electron chi connectivity index (χ1n) is 3.56. The molecule has 1 saturated heterocycles. The van der Waals surface area contributed by atoms with Gasteiger partial charge in [-0.1, -0.05) is 0 Å². The van der Waals surface area contributed by atoms with Crippen LogP contribution in [0.3, 0.4) is 0 Å². The maximum atomic E-state index is 12.1. The summed E-state index contributed by atoms with van der Waals surface area (Å²) in [6.45, 7) is -0.833. The van der Waals surface area contributed by atoms with E-state index in [2.05, 4.69) is 10.3 Å². The van der Waals surface area contributed by atoms with Crippen molar-refractivity contribution in [2.75, 3.05) is 13.8 Å². The van der Waals surface area contributed by atoms with Gasteiger partial charge in [0.1, 0.15) is 25.0 Å². The van der Waals surface area contributed by atoms with Gasteiger partial charge in [-0.05, 0) is 0 Å². The lowest BCUT2D eigenvalue weighted by molar-refractivity contribution is -0.0979. The summed E-state index contributed by atoms with van der Waals surface area (Å²) in [7, 11) is 1.34. The first-order valence-corrected chi connectivity index (χ1v) is 3.56. The van der Waals surface area contributed by atoms with E-state index in [1.165, 1.54) is 7.11 Å². The maximum absolute atomic E-state index is 12.1. The second-order valence-electron chi connectivity index (χ2n) is 2.55. The zero-order valence-corrected chi connectivity index (χ0v) is 6.61. The molecule has 4 atom stereocenters. The molecule has 0 spiro atoms. The molecule has 0 radical (unpaired) electrons. The first-order chi connectivity index (χ1) is 5.70. The highest BCUT2D eigenvalue weighted by Gasteiger charge is 2.42. The summed E-state index contributed by atoms with van der Waals surface area (Å²) in [6, 6.07) is 0. The van der Waals surface area contributed by atoms with E-state index in [-0.39, 0.29) is 0 Å². The minimum absolute atomic E-state index is 0.833. The van der Waals surface area contributed by atoms with Crippen LogP contribution in [0.2, 0.25) is 0 Å². The average molecular weight is 181 g/mol. The lowest BCUT2D eigenvalue weighted by Crippen LogP contribution is -2.40. The third-order valence-electron chi connectivity index (χ3n) is 1.75. The topological polar surface area (TPSA) is 71.0 Å². The normalized spacial score (nSPS) is 42.0. The largest absolute Gasteiger partial charge is 0.387 e. The van der Waals surface area contributed by atoms with E-state index in [9.17, 15) is 9.50 Å². The summed E-state index contributed by atoms with van der Waals surface area (Å²) in [5, 5.41) is 18.3. The molecule has 0 aromatic carbocycles. The molecule has 0 amide bonds. The van der Waals surface area contributed by atoms with Gasteiger partial charge in [0.05, 0.1) is 7.11 Å². The molecule has 0 bridgehead atoms.